The standard InChI is InChI=1S/C20H17F2N5O/c1-9-8-23-19(10(2)24-9)25-20(28)17-14-6-11-5-13(11)18(14)27(26-17)16-4-3-12(21)7-15(16)22/h3-4,7-8,11,13H,5-6H2,1-2H3,(H,23,25,28)/t11-,13-/m0/s1. The van der Waals surface area contributed by atoms with Crippen molar-refractivity contribution in [3.8, 4) is 5.69 Å². The lowest BCUT2D eigenvalue weighted by atomic mass is 10.1. The normalized spacial score (nSPS) is 19.3. The van der Waals surface area contributed by atoms with E-state index in [1.807, 2.05) is 6.92 Å². The van der Waals surface area contributed by atoms with Gasteiger partial charge < -0.3 is 5.32 Å². The molecule has 2 atom stereocenters. The smallest absolute Gasteiger partial charge is 0.277 e. The van der Waals surface area contributed by atoms with Crippen molar-refractivity contribution in [3.05, 3.63) is 64.4 Å². The summed E-state index contributed by atoms with van der Waals surface area (Å²) in [6.45, 7) is 3.59. The molecular weight excluding hydrogens is 364 g/mol. The molecule has 6 nitrogen and oxygen atoms in total. The summed E-state index contributed by atoms with van der Waals surface area (Å²) >= 11 is 0. The molecule has 3 aromatic rings. The average molecular weight is 381 g/mol. The molecule has 1 N–H and O–H groups in total. The molecular formula is C20H17F2N5O. The third kappa shape index (κ3) is 2.59. The fraction of sp³-hybridized carbons (Fsp3) is 0.300. The molecule has 2 aliphatic rings. The Kier molecular flexibility index (Phi) is 3.59. The highest BCUT2D eigenvalue weighted by atomic mass is 19.1. The molecule has 1 saturated carbocycles. The summed E-state index contributed by atoms with van der Waals surface area (Å²) in [5.74, 6) is -0.651. The Bertz CT molecular complexity index is 1140. The summed E-state index contributed by atoms with van der Waals surface area (Å²) in [7, 11) is 0. The Hall–Kier alpha value is -3.16. The number of aromatic nitrogens is 4. The van der Waals surface area contributed by atoms with E-state index in [4.69, 9.17) is 0 Å². The fourth-order valence-electron chi connectivity index (χ4n) is 4.02. The van der Waals surface area contributed by atoms with Crippen molar-refractivity contribution in [2.24, 2.45) is 5.92 Å². The number of rotatable bonds is 3. The molecule has 2 aliphatic carbocycles. The Morgan fingerprint density at radius 2 is 2.11 bits per heavy atom. The molecule has 142 valence electrons. The molecule has 8 heteroatoms. The van der Waals surface area contributed by atoms with Crippen molar-refractivity contribution in [2.45, 2.75) is 32.6 Å². The number of carbonyl (C=O) groups is 1. The zero-order valence-electron chi connectivity index (χ0n) is 15.3. The lowest BCUT2D eigenvalue weighted by molar-refractivity contribution is 0.102. The highest BCUT2D eigenvalue weighted by molar-refractivity contribution is 6.04. The van der Waals surface area contributed by atoms with Gasteiger partial charge in [-0.15, -0.1) is 0 Å². The number of nitrogens with one attached hydrogen (secondary N) is 1. The van der Waals surface area contributed by atoms with Gasteiger partial charge in [0.1, 0.15) is 11.5 Å². The lowest BCUT2D eigenvalue weighted by Gasteiger charge is -2.07. The second kappa shape index (κ2) is 5.92. The Labute approximate surface area is 159 Å². The molecule has 0 bridgehead atoms. The van der Waals surface area contributed by atoms with Crippen molar-refractivity contribution in [3.63, 3.8) is 0 Å². The first kappa shape index (κ1) is 17.0. The van der Waals surface area contributed by atoms with Crippen molar-refractivity contribution in [1.82, 2.24) is 19.7 Å². The van der Waals surface area contributed by atoms with Gasteiger partial charge in [0.05, 0.1) is 23.3 Å². The summed E-state index contributed by atoms with van der Waals surface area (Å²) in [5.41, 5.74) is 3.46. The largest absolute Gasteiger partial charge is 0.304 e. The first-order valence-electron chi connectivity index (χ1n) is 9.11. The SMILES string of the molecule is Cc1cnc(NC(=O)c2nn(-c3ccc(F)cc3F)c3c2C[C@@H]2C[C@H]32)c(C)n1. The van der Waals surface area contributed by atoms with Gasteiger partial charge in [-0.25, -0.2) is 18.4 Å². The minimum absolute atomic E-state index is 0.149. The third-order valence-electron chi connectivity index (χ3n) is 5.42. The van der Waals surface area contributed by atoms with Gasteiger partial charge in [0.2, 0.25) is 0 Å². The van der Waals surface area contributed by atoms with Crippen LogP contribution in [0.1, 0.15) is 45.5 Å². The van der Waals surface area contributed by atoms with E-state index in [0.29, 0.717) is 17.4 Å². The maximum atomic E-state index is 14.4. The molecule has 2 heterocycles. The van der Waals surface area contributed by atoms with Gasteiger partial charge in [-0.2, -0.15) is 5.10 Å². The number of anilines is 1. The number of carbonyl (C=O) groups excluding carboxylic acids is 1. The van der Waals surface area contributed by atoms with Crippen LogP contribution >= 0.6 is 0 Å². The van der Waals surface area contributed by atoms with Crippen molar-refractivity contribution < 1.29 is 13.6 Å². The van der Waals surface area contributed by atoms with E-state index in [9.17, 15) is 13.6 Å². The van der Waals surface area contributed by atoms with Crippen LogP contribution in [0, 0.1) is 31.4 Å². The fourth-order valence-corrected chi connectivity index (χ4v) is 4.02. The molecule has 0 radical (unpaired) electrons. The van der Waals surface area contributed by atoms with Crippen LogP contribution < -0.4 is 5.32 Å². The highest BCUT2D eigenvalue weighted by Gasteiger charge is 2.50. The van der Waals surface area contributed by atoms with Gasteiger partial charge in [-0.05, 0) is 44.7 Å². The second-order valence-corrected chi connectivity index (χ2v) is 7.43. The highest BCUT2D eigenvalue weighted by Crippen LogP contribution is 2.57. The molecule has 5 rings (SSSR count). The maximum Gasteiger partial charge on any atom is 0.277 e. The quantitative estimate of drug-likeness (QED) is 0.754. The van der Waals surface area contributed by atoms with Crippen LogP contribution in [-0.2, 0) is 6.42 Å². The Morgan fingerprint density at radius 1 is 1.29 bits per heavy atom. The van der Waals surface area contributed by atoms with Gasteiger partial charge >= 0.3 is 0 Å². The van der Waals surface area contributed by atoms with Crippen molar-refractivity contribution in [1.29, 1.82) is 0 Å². The van der Waals surface area contributed by atoms with E-state index in [2.05, 4.69) is 20.4 Å². The summed E-state index contributed by atoms with van der Waals surface area (Å²) in [6.07, 6.45) is 3.32. The monoisotopic (exact) mass is 381 g/mol. The van der Waals surface area contributed by atoms with Gasteiger partial charge in [0.15, 0.2) is 17.3 Å². The van der Waals surface area contributed by atoms with Gasteiger partial charge in [-0.3, -0.25) is 9.78 Å². The summed E-state index contributed by atoms with van der Waals surface area (Å²) in [5, 5.41) is 7.17. The van der Waals surface area contributed by atoms with E-state index in [1.54, 1.807) is 13.1 Å². The molecule has 1 aromatic carbocycles. The number of nitrogens with zero attached hydrogens (tertiary/aromatic N) is 4. The van der Waals surface area contributed by atoms with Crippen LogP contribution in [0.25, 0.3) is 5.69 Å². The molecule has 28 heavy (non-hydrogen) atoms. The van der Waals surface area contributed by atoms with Crippen LogP contribution in [0.3, 0.4) is 0 Å². The third-order valence-corrected chi connectivity index (χ3v) is 5.42. The predicted molar refractivity (Wildman–Crippen MR) is 97.5 cm³/mol. The molecule has 0 spiro atoms. The number of fused-ring (bicyclic) bond motifs is 3. The van der Waals surface area contributed by atoms with Gasteiger partial charge in [0, 0.05) is 17.5 Å². The molecule has 2 aromatic heterocycles. The minimum Gasteiger partial charge on any atom is -0.304 e. The van der Waals surface area contributed by atoms with E-state index in [1.165, 1.54) is 16.8 Å². The van der Waals surface area contributed by atoms with E-state index >= 15 is 0 Å². The second-order valence-electron chi connectivity index (χ2n) is 7.43. The minimum atomic E-state index is -0.707. The van der Waals surface area contributed by atoms with Crippen LogP contribution in [0.15, 0.2) is 24.4 Å². The van der Waals surface area contributed by atoms with E-state index < -0.39 is 17.5 Å². The summed E-state index contributed by atoms with van der Waals surface area (Å²) < 4.78 is 29.2. The average Bonchev–Trinajstić information content (AvgIpc) is 3.14. The zero-order chi connectivity index (χ0) is 19.6. The van der Waals surface area contributed by atoms with Crippen molar-refractivity contribution in [2.75, 3.05) is 5.32 Å². The van der Waals surface area contributed by atoms with Crippen LogP contribution in [-0.4, -0.2) is 25.7 Å². The summed E-state index contributed by atoms with van der Waals surface area (Å²) in [4.78, 5) is 21.4. The maximum absolute atomic E-state index is 14.4. The Balaban J connectivity index is 1.56. The first-order valence-corrected chi connectivity index (χ1v) is 9.11. The lowest BCUT2D eigenvalue weighted by Crippen LogP contribution is -2.17. The molecule has 1 fully saturated rings. The van der Waals surface area contributed by atoms with Gasteiger partial charge in [0.25, 0.3) is 5.91 Å². The Morgan fingerprint density at radius 3 is 2.86 bits per heavy atom. The van der Waals surface area contributed by atoms with E-state index in [0.717, 1.165) is 35.9 Å². The van der Waals surface area contributed by atoms with E-state index in [-0.39, 0.29) is 17.3 Å². The number of hydrogen-bond acceptors (Lipinski definition) is 4. The molecule has 0 aliphatic heterocycles. The van der Waals surface area contributed by atoms with Crippen LogP contribution in [0.5, 0.6) is 0 Å². The summed E-state index contributed by atoms with van der Waals surface area (Å²) in [6, 6.07) is 3.37. The zero-order valence-corrected chi connectivity index (χ0v) is 15.3. The first-order chi connectivity index (χ1) is 13.4. The molecule has 0 unspecified atom stereocenters. The number of aryl methyl sites for hydroxylation is 2. The van der Waals surface area contributed by atoms with Crippen LogP contribution in [0.2, 0.25) is 0 Å². The predicted octanol–water partition coefficient (Wildman–Crippen LogP) is 3.47. The topological polar surface area (TPSA) is 72.7 Å². The number of halogens is 2. The molecule has 0 saturated heterocycles. The number of benzene rings is 1. The van der Waals surface area contributed by atoms with Gasteiger partial charge in [-0.1, -0.05) is 0 Å². The van der Waals surface area contributed by atoms with Crippen LogP contribution in [0.4, 0.5) is 14.6 Å². The number of hydrogen-bond donors (Lipinski definition) is 1. The van der Waals surface area contributed by atoms with Crippen molar-refractivity contribution >= 4 is 11.7 Å². The molecule has 1 amide bonds. The number of amides is 1.